The fraction of sp³-hybridized carbons (Fsp3) is 0.625. The molecule has 1 aromatic rings. The van der Waals surface area contributed by atoms with Gasteiger partial charge in [-0.05, 0) is 50.2 Å². The topological polar surface area (TPSA) is 39.9 Å². The van der Waals surface area contributed by atoms with Gasteiger partial charge in [0.15, 0.2) is 0 Å². The van der Waals surface area contributed by atoms with Crippen molar-refractivity contribution in [2.45, 2.75) is 47.0 Å². The summed E-state index contributed by atoms with van der Waals surface area (Å²) >= 11 is 0. The Morgan fingerprint density at radius 2 is 2.00 bits per heavy atom. The maximum absolute atomic E-state index is 9.38. The summed E-state index contributed by atoms with van der Waals surface area (Å²) in [4.78, 5) is 6.92. The monoisotopic (exact) mass is 257 g/mol. The second kappa shape index (κ2) is 5.21. The van der Waals surface area contributed by atoms with Gasteiger partial charge in [-0.2, -0.15) is 5.26 Å². The zero-order valence-corrected chi connectivity index (χ0v) is 12.5. The van der Waals surface area contributed by atoms with Gasteiger partial charge in [-0.3, -0.25) is 0 Å². The summed E-state index contributed by atoms with van der Waals surface area (Å²) in [5.74, 6) is 0.887. The van der Waals surface area contributed by atoms with Crippen molar-refractivity contribution >= 4 is 5.82 Å². The highest BCUT2D eigenvalue weighted by Crippen LogP contribution is 2.32. The fourth-order valence-corrected chi connectivity index (χ4v) is 2.82. The van der Waals surface area contributed by atoms with Gasteiger partial charge in [0.05, 0.1) is 5.56 Å². The van der Waals surface area contributed by atoms with Crippen LogP contribution in [0.5, 0.6) is 0 Å². The maximum atomic E-state index is 9.38. The molecule has 19 heavy (non-hydrogen) atoms. The summed E-state index contributed by atoms with van der Waals surface area (Å²) < 4.78 is 0. The lowest BCUT2D eigenvalue weighted by Gasteiger charge is -2.25. The Morgan fingerprint density at radius 1 is 1.26 bits per heavy atom. The van der Waals surface area contributed by atoms with E-state index in [0.29, 0.717) is 5.41 Å². The van der Waals surface area contributed by atoms with Crippen molar-refractivity contribution in [1.29, 1.82) is 5.26 Å². The Morgan fingerprint density at radius 3 is 2.68 bits per heavy atom. The molecule has 0 saturated carbocycles. The van der Waals surface area contributed by atoms with E-state index in [4.69, 9.17) is 0 Å². The van der Waals surface area contributed by atoms with Gasteiger partial charge in [-0.25, -0.2) is 4.98 Å². The molecule has 3 nitrogen and oxygen atoms in total. The van der Waals surface area contributed by atoms with Gasteiger partial charge in [0, 0.05) is 18.8 Å². The average molecular weight is 257 g/mol. The van der Waals surface area contributed by atoms with Crippen molar-refractivity contribution in [3.05, 3.63) is 22.9 Å². The van der Waals surface area contributed by atoms with Gasteiger partial charge in [-0.1, -0.05) is 13.8 Å². The van der Waals surface area contributed by atoms with Crippen molar-refractivity contribution in [2.24, 2.45) is 5.41 Å². The lowest BCUT2D eigenvalue weighted by atomic mass is 9.85. The SMILES string of the molecule is Cc1cc(C)c(C#N)c(N2CCCC(C)(C)CC2)n1. The fourth-order valence-electron chi connectivity index (χ4n) is 2.82. The van der Waals surface area contributed by atoms with E-state index >= 15 is 0 Å². The Bertz CT molecular complexity index is 511. The molecular weight excluding hydrogens is 234 g/mol. The maximum Gasteiger partial charge on any atom is 0.147 e. The van der Waals surface area contributed by atoms with Gasteiger partial charge in [-0.15, -0.1) is 0 Å². The first-order valence-electron chi connectivity index (χ1n) is 7.06. The van der Waals surface area contributed by atoms with Crippen molar-refractivity contribution in [3.8, 4) is 6.07 Å². The first-order chi connectivity index (χ1) is 8.93. The number of aromatic nitrogens is 1. The molecule has 1 aliphatic heterocycles. The van der Waals surface area contributed by atoms with Crippen LogP contribution < -0.4 is 4.90 Å². The summed E-state index contributed by atoms with van der Waals surface area (Å²) in [5, 5.41) is 9.38. The molecule has 0 aliphatic carbocycles. The molecule has 1 saturated heterocycles. The Labute approximate surface area is 116 Å². The van der Waals surface area contributed by atoms with E-state index in [1.807, 2.05) is 19.9 Å². The van der Waals surface area contributed by atoms with E-state index < -0.39 is 0 Å². The molecule has 1 aliphatic rings. The number of pyridine rings is 1. The molecule has 0 spiro atoms. The first kappa shape index (κ1) is 13.9. The summed E-state index contributed by atoms with van der Waals surface area (Å²) in [6.45, 7) is 10.7. The van der Waals surface area contributed by atoms with Crippen molar-refractivity contribution < 1.29 is 0 Å². The summed E-state index contributed by atoms with van der Waals surface area (Å²) in [7, 11) is 0. The third kappa shape index (κ3) is 3.07. The molecule has 1 aromatic heterocycles. The normalized spacial score (nSPS) is 18.8. The van der Waals surface area contributed by atoms with Crippen LogP contribution in [-0.4, -0.2) is 18.1 Å². The quantitative estimate of drug-likeness (QED) is 0.772. The standard InChI is InChI=1S/C16H23N3/c1-12-10-13(2)18-15(14(12)11-17)19-8-5-6-16(3,4)7-9-19/h10H,5-9H2,1-4H3. The lowest BCUT2D eigenvalue weighted by molar-refractivity contribution is 0.325. The highest BCUT2D eigenvalue weighted by Gasteiger charge is 2.25. The van der Waals surface area contributed by atoms with E-state index in [0.717, 1.165) is 42.1 Å². The van der Waals surface area contributed by atoms with Crippen molar-refractivity contribution in [3.63, 3.8) is 0 Å². The minimum Gasteiger partial charge on any atom is -0.355 e. The van der Waals surface area contributed by atoms with Crippen LogP contribution in [-0.2, 0) is 0 Å². The Balaban J connectivity index is 2.34. The molecule has 102 valence electrons. The van der Waals surface area contributed by atoms with Gasteiger partial charge in [0.2, 0.25) is 0 Å². The number of hydrogen-bond acceptors (Lipinski definition) is 3. The minimum atomic E-state index is 0.403. The average Bonchev–Trinajstić information content (AvgIpc) is 2.49. The van der Waals surface area contributed by atoms with Crippen LogP contribution in [0.25, 0.3) is 0 Å². The number of hydrogen-bond donors (Lipinski definition) is 0. The summed E-state index contributed by atoms with van der Waals surface area (Å²) in [6, 6.07) is 4.32. The zero-order valence-electron chi connectivity index (χ0n) is 12.5. The van der Waals surface area contributed by atoms with Crippen LogP contribution in [0.4, 0.5) is 5.82 Å². The third-order valence-corrected chi connectivity index (χ3v) is 4.08. The van der Waals surface area contributed by atoms with Crippen LogP contribution in [0.2, 0.25) is 0 Å². The predicted octanol–water partition coefficient (Wildman–Crippen LogP) is 3.59. The molecule has 0 bridgehead atoms. The number of nitrogens with zero attached hydrogens (tertiary/aromatic N) is 3. The van der Waals surface area contributed by atoms with Crippen molar-refractivity contribution in [2.75, 3.05) is 18.0 Å². The molecule has 0 atom stereocenters. The lowest BCUT2D eigenvalue weighted by Crippen LogP contribution is -2.27. The van der Waals surface area contributed by atoms with E-state index in [2.05, 4.69) is 29.8 Å². The smallest absolute Gasteiger partial charge is 0.147 e. The van der Waals surface area contributed by atoms with E-state index in [1.54, 1.807) is 0 Å². The minimum absolute atomic E-state index is 0.403. The van der Waals surface area contributed by atoms with Gasteiger partial charge in [0.1, 0.15) is 11.9 Å². The Kier molecular flexibility index (Phi) is 3.80. The van der Waals surface area contributed by atoms with Crippen LogP contribution in [0.3, 0.4) is 0 Å². The van der Waals surface area contributed by atoms with Gasteiger partial charge < -0.3 is 4.90 Å². The predicted molar refractivity (Wildman–Crippen MR) is 78.3 cm³/mol. The highest BCUT2D eigenvalue weighted by atomic mass is 15.2. The van der Waals surface area contributed by atoms with Crippen LogP contribution in [0, 0.1) is 30.6 Å². The number of aryl methyl sites for hydroxylation is 2. The molecule has 0 amide bonds. The van der Waals surface area contributed by atoms with E-state index in [9.17, 15) is 5.26 Å². The van der Waals surface area contributed by atoms with Crippen molar-refractivity contribution in [1.82, 2.24) is 4.98 Å². The van der Waals surface area contributed by atoms with Gasteiger partial charge >= 0.3 is 0 Å². The molecule has 0 radical (unpaired) electrons. The molecule has 3 heteroatoms. The molecule has 0 unspecified atom stereocenters. The molecule has 0 aromatic carbocycles. The third-order valence-electron chi connectivity index (χ3n) is 4.08. The van der Waals surface area contributed by atoms with Crippen LogP contribution in [0.1, 0.15) is 49.9 Å². The molecular formula is C16H23N3. The molecule has 2 heterocycles. The first-order valence-corrected chi connectivity index (χ1v) is 7.06. The summed E-state index contributed by atoms with van der Waals surface area (Å²) in [5.41, 5.74) is 3.18. The van der Waals surface area contributed by atoms with Crippen LogP contribution in [0.15, 0.2) is 6.07 Å². The molecule has 1 fully saturated rings. The number of rotatable bonds is 1. The second-order valence-electron chi connectivity index (χ2n) is 6.40. The zero-order chi connectivity index (χ0) is 14.0. The highest BCUT2D eigenvalue weighted by molar-refractivity contribution is 5.58. The molecule has 0 N–H and O–H groups in total. The number of anilines is 1. The largest absolute Gasteiger partial charge is 0.355 e. The second-order valence-corrected chi connectivity index (χ2v) is 6.40. The number of nitriles is 1. The van der Waals surface area contributed by atoms with Crippen LogP contribution >= 0.6 is 0 Å². The van der Waals surface area contributed by atoms with E-state index in [-0.39, 0.29) is 0 Å². The Hall–Kier alpha value is -1.56. The molecule has 2 rings (SSSR count). The van der Waals surface area contributed by atoms with E-state index in [1.165, 1.54) is 12.8 Å². The van der Waals surface area contributed by atoms with Gasteiger partial charge in [0.25, 0.3) is 0 Å². The summed E-state index contributed by atoms with van der Waals surface area (Å²) in [6.07, 6.45) is 3.58.